The predicted octanol–water partition coefficient (Wildman–Crippen LogP) is 3.29. The van der Waals surface area contributed by atoms with E-state index in [-0.39, 0.29) is 5.91 Å². The van der Waals surface area contributed by atoms with Gasteiger partial charge >= 0.3 is 0 Å². The zero-order valence-corrected chi connectivity index (χ0v) is 15.5. The quantitative estimate of drug-likeness (QED) is 0.473. The van der Waals surface area contributed by atoms with Crippen LogP contribution in [0.2, 0.25) is 0 Å². The number of aryl methyl sites for hydroxylation is 2. The minimum Gasteiger partial charge on any atom is -0.356 e. The number of thiophene rings is 1. The Balaban J connectivity index is 1.19. The molecule has 1 N–H and O–H groups in total. The molecule has 0 saturated carbocycles. The SMILES string of the molecule is O=C(CCc1nc(-c2cccs2)no1)NCCCn1cnc2ccccc21. The smallest absolute Gasteiger partial charge is 0.227 e. The largest absolute Gasteiger partial charge is 0.356 e. The normalized spacial score (nSPS) is 11.1. The van der Waals surface area contributed by atoms with Gasteiger partial charge in [0.25, 0.3) is 0 Å². The minimum atomic E-state index is -0.0126. The van der Waals surface area contributed by atoms with Gasteiger partial charge in [0, 0.05) is 25.9 Å². The van der Waals surface area contributed by atoms with E-state index >= 15 is 0 Å². The summed E-state index contributed by atoms with van der Waals surface area (Å²) in [5.41, 5.74) is 2.10. The Labute approximate surface area is 160 Å². The standard InChI is InChI=1S/C19H19N5O2S/c25-17(8-9-18-22-19(23-26-18)16-7-3-12-27-16)20-10-4-11-24-13-21-14-5-1-2-6-15(14)24/h1-3,5-7,12-13H,4,8-11H2,(H,20,25). The molecule has 8 heteroatoms. The summed E-state index contributed by atoms with van der Waals surface area (Å²) in [6.07, 6.45) is 3.46. The highest BCUT2D eigenvalue weighted by atomic mass is 32.1. The van der Waals surface area contributed by atoms with Crippen LogP contribution >= 0.6 is 11.3 Å². The maximum atomic E-state index is 12.0. The lowest BCUT2D eigenvalue weighted by Crippen LogP contribution is -2.25. The van der Waals surface area contributed by atoms with E-state index in [1.165, 1.54) is 0 Å². The number of benzene rings is 1. The van der Waals surface area contributed by atoms with E-state index in [1.54, 1.807) is 11.3 Å². The van der Waals surface area contributed by atoms with Crippen molar-refractivity contribution in [1.82, 2.24) is 25.0 Å². The average molecular weight is 381 g/mol. The van der Waals surface area contributed by atoms with E-state index in [0.29, 0.717) is 31.1 Å². The molecule has 7 nitrogen and oxygen atoms in total. The molecule has 0 saturated heterocycles. The molecule has 1 aromatic carbocycles. The van der Waals surface area contributed by atoms with Crippen LogP contribution in [0.5, 0.6) is 0 Å². The van der Waals surface area contributed by atoms with Gasteiger partial charge in [-0.15, -0.1) is 11.3 Å². The molecule has 3 aromatic heterocycles. The number of carbonyl (C=O) groups excluding carboxylic acids is 1. The van der Waals surface area contributed by atoms with Gasteiger partial charge in [0.05, 0.1) is 22.2 Å². The van der Waals surface area contributed by atoms with Crippen molar-refractivity contribution in [3.8, 4) is 10.7 Å². The Hall–Kier alpha value is -3.00. The maximum absolute atomic E-state index is 12.0. The monoisotopic (exact) mass is 381 g/mol. The molecule has 138 valence electrons. The van der Waals surface area contributed by atoms with E-state index in [2.05, 4.69) is 31.1 Å². The number of amides is 1. The Morgan fingerprint density at radius 2 is 2.15 bits per heavy atom. The van der Waals surface area contributed by atoms with Crippen LogP contribution in [0.1, 0.15) is 18.7 Å². The number of hydrogen-bond acceptors (Lipinski definition) is 6. The van der Waals surface area contributed by atoms with Gasteiger partial charge in [-0.1, -0.05) is 23.4 Å². The van der Waals surface area contributed by atoms with Gasteiger partial charge in [0.15, 0.2) is 0 Å². The predicted molar refractivity (Wildman–Crippen MR) is 103 cm³/mol. The summed E-state index contributed by atoms with van der Waals surface area (Å²) < 4.78 is 7.31. The molecule has 27 heavy (non-hydrogen) atoms. The number of nitrogens with zero attached hydrogens (tertiary/aromatic N) is 4. The van der Waals surface area contributed by atoms with E-state index in [1.807, 2.05) is 42.0 Å². The number of hydrogen-bond donors (Lipinski definition) is 1. The van der Waals surface area contributed by atoms with Crippen LogP contribution in [0.3, 0.4) is 0 Å². The summed E-state index contributed by atoms with van der Waals surface area (Å²) in [5.74, 6) is 1.05. The lowest BCUT2D eigenvalue weighted by Gasteiger charge is -2.06. The van der Waals surface area contributed by atoms with Crippen molar-refractivity contribution in [1.29, 1.82) is 0 Å². The maximum Gasteiger partial charge on any atom is 0.227 e. The second kappa shape index (κ2) is 8.13. The summed E-state index contributed by atoms with van der Waals surface area (Å²) in [4.78, 5) is 21.7. The van der Waals surface area contributed by atoms with Gasteiger partial charge < -0.3 is 14.4 Å². The van der Waals surface area contributed by atoms with Crippen LogP contribution in [0.15, 0.2) is 52.6 Å². The van der Waals surface area contributed by atoms with Gasteiger partial charge in [-0.3, -0.25) is 4.79 Å². The van der Waals surface area contributed by atoms with E-state index in [4.69, 9.17) is 4.52 Å². The Bertz CT molecular complexity index is 1020. The summed E-state index contributed by atoms with van der Waals surface area (Å²) in [6.45, 7) is 1.43. The summed E-state index contributed by atoms with van der Waals surface area (Å²) >= 11 is 1.56. The van der Waals surface area contributed by atoms with Crippen molar-refractivity contribution in [3.63, 3.8) is 0 Å². The third-order valence-corrected chi connectivity index (χ3v) is 5.07. The minimum absolute atomic E-state index is 0.0126. The fraction of sp³-hybridized carbons (Fsp3) is 0.263. The molecule has 4 aromatic rings. The Kier molecular flexibility index (Phi) is 5.24. The second-order valence-electron chi connectivity index (χ2n) is 6.12. The van der Waals surface area contributed by atoms with Crippen molar-refractivity contribution < 1.29 is 9.32 Å². The molecular formula is C19H19N5O2S. The number of para-hydroxylation sites is 2. The van der Waals surface area contributed by atoms with Gasteiger partial charge in [-0.25, -0.2) is 4.98 Å². The molecule has 0 radical (unpaired) electrons. The van der Waals surface area contributed by atoms with Gasteiger partial charge in [0.2, 0.25) is 17.6 Å². The number of nitrogens with one attached hydrogen (secondary N) is 1. The number of fused-ring (bicyclic) bond motifs is 1. The molecule has 0 unspecified atom stereocenters. The van der Waals surface area contributed by atoms with Crippen LogP contribution in [0.25, 0.3) is 21.7 Å². The molecule has 1 amide bonds. The van der Waals surface area contributed by atoms with Crippen molar-refractivity contribution in [3.05, 3.63) is 54.0 Å². The zero-order valence-electron chi connectivity index (χ0n) is 14.7. The van der Waals surface area contributed by atoms with Gasteiger partial charge in [0.1, 0.15) is 0 Å². The van der Waals surface area contributed by atoms with E-state index < -0.39 is 0 Å². The number of aromatic nitrogens is 4. The lowest BCUT2D eigenvalue weighted by molar-refractivity contribution is -0.121. The first-order valence-corrected chi connectivity index (χ1v) is 9.70. The van der Waals surface area contributed by atoms with Crippen molar-refractivity contribution in [2.75, 3.05) is 6.54 Å². The Morgan fingerprint density at radius 1 is 1.22 bits per heavy atom. The highest BCUT2D eigenvalue weighted by Gasteiger charge is 2.11. The molecular weight excluding hydrogens is 362 g/mol. The van der Waals surface area contributed by atoms with Gasteiger partial charge in [-0.2, -0.15) is 4.98 Å². The first kappa shape index (κ1) is 17.4. The number of carbonyl (C=O) groups is 1. The average Bonchev–Trinajstić information content (AvgIpc) is 3.44. The molecule has 0 bridgehead atoms. The molecule has 0 aliphatic rings. The van der Waals surface area contributed by atoms with Crippen molar-refractivity contribution in [2.45, 2.75) is 25.8 Å². The molecule has 0 fully saturated rings. The second-order valence-corrected chi connectivity index (χ2v) is 7.07. The van der Waals surface area contributed by atoms with Crippen LogP contribution in [0.4, 0.5) is 0 Å². The fourth-order valence-corrected chi connectivity index (χ4v) is 3.49. The highest BCUT2D eigenvalue weighted by molar-refractivity contribution is 7.13. The van der Waals surface area contributed by atoms with Crippen LogP contribution in [0, 0.1) is 0 Å². The molecule has 3 heterocycles. The van der Waals surface area contributed by atoms with Crippen LogP contribution < -0.4 is 5.32 Å². The molecule has 4 rings (SSSR count). The van der Waals surface area contributed by atoms with Crippen molar-refractivity contribution >= 4 is 28.3 Å². The number of rotatable bonds is 8. The third kappa shape index (κ3) is 4.22. The fourth-order valence-electron chi connectivity index (χ4n) is 2.84. The topological polar surface area (TPSA) is 85.8 Å². The van der Waals surface area contributed by atoms with E-state index in [0.717, 1.165) is 28.9 Å². The molecule has 0 atom stereocenters. The summed E-state index contributed by atoms with van der Waals surface area (Å²) in [7, 11) is 0. The van der Waals surface area contributed by atoms with Gasteiger partial charge in [-0.05, 0) is 30.0 Å². The van der Waals surface area contributed by atoms with E-state index in [9.17, 15) is 4.79 Å². The molecule has 0 spiro atoms. The summed E-state index contributed by atoms with van der Waals surface area (Å²) in [5, 5.41) is 8.85. The lowest BCUT2D eigenvalue weighted by atomic mass is 10.3. The van der Waals surface area contributed by atoms with Crippen molar-refractivity contribution in [2.24, 2.45) is 0 Å². The Morgan fingerprint density at radius 3 is 3.04 bits per heavy atom. The number of imidazole rings is 1. The zero-order chi connectivity index (χ0) is 18.5. The highest BCUT2D eigenvalue weighted by Crippen LogP contribution is 2.21. The third-order valence-electron chi connectivity index (χ3n) is 4.20. The molecule has 0 aliphatic heterocycles. The van der Waals surface area contributed by atoms with Crippen LogP contribution in [-0.4, -0.2) is 32.1 Å². The molecule has 0 aliphatic carbocycles. The summed E-state index contributed by atoms with van der Waals surface area (Å²) in [6, 6.07) is 11.9. The first-order valence-electron chi connectivity index (χ1n) is 8.82. The first-order chi connectivity index (χ1) is 13.3. The van der Waals surface area contributed by atoms with Crippen LogP contribution in [-0.2, 0) is 17.8 Å².